The molecule has 1 rings (SSSR count). The van der Waals surface area contributed by atoms with E-state index in [1.807, 2.05) is 6.92 Å². The van der Waals surface area contributed by atoms with Gasteiger partial charge in [0, 0.05) is 6.07 Å². The van der Waals surface area contributed by atoms with Crippen LogP contribution in [0.3, 0.4) is 0 Å². The number of hydrogen-bond donors (Lipinski definition) is 2. The van der Waals surface area contributed by atoms with Crippen molar-refractivity contribution >= 4 is 17.3 Å². The number of rotatable bonds is 7. The van der Waals surface area contributed by atoms with Crippen LogP contribution in [0.4, 0.5) is 11.4 Å². The van der Waals surface area contributed by atoms with E-state index in [2.05, 4.69) is 5.32 Å². The summed E-state index contributed by atoms with van der Waals surface area (Å²) in [5.41, 5.74) is 0.131. The van der Waals surface area contributed by atoms with E-state index in [0.717, 1.165) is 12.8 Å². The van der Waals surface area contributed by atoms with Crippen LogP contribution < -0.4 is 5.32 Å². The first-order valence-electron chi connectivity index (χ1n) is 5.79. The van der Waals surface area contributed by atoms with Crippen molar-refractivity contribution in [1.82, 2.24) is 0 Å². The summed E-state index contributed by atoms with van der Waals surface area (Å²) in [6, 6.07) is 5.24. The molecule has 1 unspecified atom stereocenters. The molecule has 6 heteroatoms. The van der Waals surface area contributed by atoms with Crippen molar-refractivity contribution in [2.24, 2.45) is 0 Å². The molecule has 98 valence electrons. The second-order valence-corrected chi connectivity index (χ2v) is 3.95. The molecular weight excluding hydrogens is 236 g/mol. The number of aliphatic carboxylic acids is 1. The Labute approximate surface area is 105 Å². The van der Waals surface area contributed by atoms with Crippen LogP contribution >= 0.6 is 0 Å². The van der Waals surface area contributed by atoms with Gasteiger partial charge in [0.25, 0.3) is 5.69 Å². The van der Waals surface area contributed by atoms with Gasteiger partial charge in [-0.3, -0.25) is 10.1 Å². The number of carboxylic acid groups (broad SMARTS) is 1. The number of carbonyl (C=O) groups is 1. The zero-order valence-corrected chi connectivity index (χ0v) is 10.1. The molecule has 18 heavy (non-hydrogen) atoms. The average molecular weight is 252 g/mol. The molecule has 0 saturated heterocycles. The summed E-state index contributed by atoms with van der Waals surface area (Å²) in [5, 5.41) is 22.6. The summed E-state index contributed by atoms with van der Waals surface area (Å²) in [7, 11) is 0. The summed E-state index contributed by atoms with van der Waals surface area (Å²) >= 11 is 0. The highest BCUT2D eigenvalue weighted by molar-refractivity contribution is 5.78. The zero-order chi connectivity index (χ0) is 13.5. The molecule has 0 amide bonds. The van der Waals surface area contributed by atoms with E-state index in [1.54, 1.807) is 12.1 Å². The third-order valence-corrected chi connectivity index (χ3v) is 2.57. The minimum Gasteiger partial charge on any atom is -0.480 e. The van der Waals surface area contributed by atoms with E-state index in [0.29, 0.717) is 6.42 Å². The number of benzene rings is 1. The quantitative estimate of drug-likeness (QED) is 0.574. The summed E-state index contributed by atoms with van der Waals surface area (Å²) in [6.07, 6.45) is 2.07. The second kappa shape index (κ2) is 6.58. The lowest BCUT2D eigenvalue weighted by atomic mass is 10.1. The van der Waals surface area contributed by atoms with Gasteiger partial charge in [-0.2, -0.15) is 0 Å². The Morgan fingerprint density at radius 2 is 2.17 bits per heavy atom. The normalized spacial score (nSPS) is 11.8. The van der Waals surface area contributed by atoms with Crippen molar-refractivity contribution in [2.45, 2.75) is 32.2 Å². The summed E-state index contributed by atoms with van der Waals surface area (Å²) < 4.78 is 0. The van der Waals surface area contributed by atoms with Crippen LogP contribution in [0.2, 0.25) is 0 Å². The molecular formula is C12H16N2O4. The van der Waals surface area contributed by atoms with Gasteiger partial charge in [0.15, 0.2) is 0 Å². The maximum Gasteiger partial charge on any atom is 0.326 e. The molecule has 0 aromatic heterocycles. The first-order valence-corrected chi connectivity index (χ1v) is 5.79. The molecule has 0 radical (unpaired) electrons. The molecule has 0 fully saturated rings. The van der Waals surface area contributed by atoms with E-state index in [9.17, 15) is 14.9 Å². The van der Waals surface area contributed by atoms with Crippen molar-refractivity contribution in [3.8, 4) is 0 Å². The van der Waals surface area contributed by atoms with Crippen molar-refractivity contribution in [1.29, 1.82) is 0 Å². The van der Waals surface area contributed by atoms with Crippen molar-refractivity contribution in [2.75, 3.05) is 5.32 Å². The molecule has 6 nitrogen and oxygen atoms in total. The highest BCUT2D eigenvalue weighted by Gasteiger charge is 2.20. The van der Waals surface area contributed by atoms with Gasteiger partial charge in [-0.15, -0.1) is 0 Å². The summed E-state index contributed by atoms with van der Waals surface area (Å²) in [6.45, 7) is 1.96. The summed E-state index contributed by atoms with van der Waals surface area (Å²) in [4.78, 5) is 21.3. The van der Waals surface area contributed by atoms with Crippen molar-refractivity contribution in [3.63, 3.8) is 0 Å². The monoisotopic (exact) mass is 252 g/mol. The lowest BCUT2D eigenvalue weighted by molar-refractivity contribution is -0.384. The lowest BCUT2D eigenvalue weighted by Gasteiger charge is -2.15. The largest absolute Gasteiger partial charge is 0.480 e. The Morgan fingerprint density at radius 1 is 1.50 bits per heavy atom. The predicted octanol–water partition coefficient (Wildman–Crippen LogP) is 2.65. The number of unbranched alkanes of at least 4 members (excludes halogenated alkanes) is 1. The fraction of sp³-hybridized carbons (Fsp3) is 0.417. The lowest BCUT2D eigenvalue weighted by Crippen LogP contribution is -2.29. The molecule has 1 atom stereocenters. The van der Waals surface area contributed by atoms with E-state index < -0.39 is 16.9 Å². The van der Waals surface area contributed by atoms with Gasteiger partial charge in [-0.25, -0.2) is 4.79 Å². The number of para-hydroxylation sites is 2. The van der Waals surface area contributed by atoms with Gasteiger partial charge in [0.05, 0.1) is 4.92 Å². The number of nitro groups is 1. The fourth-order valence-electron chi connectivity index (χ4n) is 1.61. The average Bonchev–Trinajstić information content (AvgIpc) is 2.34. The van der Waals surface area contributed by atoms with Gasteiger partial charge in [0.1, 0.15) is 11.7 Å². The third kappa shape index (κ3) is 3.73. The van der Waals surface area contributed by atoms with Crippen LogP contribution in [-0.4, -0.2) is 22.0 Å². The molecule has 0 heterocycles. The van der Waals surface area contributed by atoms with Crippen molar-refractivity contribution < 1.29 is 14.8 Å². The Bertz CT molecular complexity index is 434. The highest BCUT2D eigenvalue weighted by atomic mass is 16.6. The number of anilines is 1. The molecule has 0 spiro atoms. The Hall–Kier alpha value is -2.11. The van der Waals surface area contributed by atoms with Crippen LogP contribution in [0, 0.1) is 10.1 Å². The minimum absolute atomic E-state index is 0.111. The van der Waals surface area contributed by atoms with Gasteiger partial charge >= 0.3 is 5.97 Å². The Kier molecular flexibility index (Phi) is 5.10. The Balaban J connectivity index is 2.86. The van der Waals surface area contributed by atoms with E-state index in [1.165, 1.54) is 12.1 Å². The molecule has 0 saturated carbocycles. The van der Waals surface area contributed by atoms with E-state index in [-0.39, 0.29) is 11.4 Å². The predicted molar refractivity (Wildman–Crippen MR) is 67.7 cm³/mol. The third-order valence-electron chi connectivity index (χ3n) is 2.57. The maximum absolute atomic E-state index is 11.1. The zero-order valence-electron chi connectivity index (χ0n) is 10.1. The Morgan fingerprint density at radius 3 is 2.72 bits per heavy atom. The molecule has 1 aromatic rings. The van der Waals surface area contributed by atoms with Crippen LogP contribution in [-0.2, 0) is 4.79 Å². The molecule has 2 N–H and O–H groups in total. The second-order valence-electron chi connectivity index (χ2n) is 3.95. The van der Waals surface area contributed by atoms with E-state index in [4.69, 9.17) is 5.11 Å². The molecule has 0 aliphatic heterocycles. The fourth-order valence-corrected chi connectivity index (χ4v) is 1.61. The first kappa shape index (κ1) is 14.0. The minimum atomic E-state index is -0.999. The topological polar surface area (TPSA) is 92.5 Å². The SMILES string of the molecule is CCCCC(Nc1ccccc1[N+](=O)[O-])C(=O)O. The van der Waals surface area contributed by atoms with Crippen LogP contribution in [0.1, 0.15) is 26.2 Å². The summed E-state index contributed by atoms with van der Waals surface area (Å²) in [5.74, 6) is -0.999. The van der Waals surface area contributed by atoms with Gasteiger partial charge < -0.3 is 10.4 Å². The van der Waals surface area contributed by atoms with Crippen molar-refractivity contribution in [3.05, 3.63) is 34.4 Å². The highest BCUT2D eigenvalue weighted by Crippen LogP contribution is 2.24. The van der Waals surface area contributed by atoms with Gasteiger partial charge in [0.2, 0.25) is 0 Å². The van der Waals surface area contributed by atoms with Gasteiger partial charge in [-0.05, 0) is 12.5 Å². The number of nitrogens with one attached hydrogen (secondary N) is 1. The van der Waals surface area contributed by atoms with Crippen LogP contribution in [0.15, 0.2) is 24.3 Å². The standard InChI is InChI=1S/C12H16N2O4/c1-2-3-6-10(12(15)16)13-9-7-4-5-8-11(9)14(17)18/h4-5,7-8,10,13H,2-3,6H2,1H3,(H,15,16). The number of carboxylic acids is 1. The molecule has 1 aromatic carbocycles. The van der Waals surface area contributed by atoms with Crippen LogP contribution in [0.5, 0.6) is 0 Å². The van der Waals surface area contributed by atoms with Gasteiger partial charge in [-0.1, -0.05) is 31.9 Å². The molecule has 0 bridgehead atoms. The number of nitro benzene ring substituents is 1. The smallest absolute Gasteiger partial charge is 0.326 e. The molecule has 0 aliphatic rings. The maximum atomic E-state index is 11.1. The molecule has 0 aliphatic carbocycles. The number of nitrogens with zero attached hydrogens (tertiary/aromatic N) is 1. The van der Waals surface area contributed by atoms with E-state index >= 15 is 0 Å². The first-order chi connectivity index (χ1) is 8.56. The number of hydrogen-bond acceptors (Lipinski definition) is 4. The van der Waals surface area contributed by atoms with Crippen LogP contribution in [0.25, 0.3) is 0 Å².